The fourth-order valence-electron chi connectivity index (χ4n) is 3.70. The number of aliphatic hydroxyl groups excluding tert-OH is 9. The molecule has 9 N–H and O–H groups in total. The Morgan fingerprint density at radius 1 is 0.710 bits per heavy atom. The monoisotopic (exact) mass is 458 g/mol. The molecule has 0 spiro atoms. The molecule has 0 aromatic heterocycles. The van der Waals surface area contributed by atoms with Gasteiger partial charge in [-0.15, -0.1) is 0 Å². The van der Waals surface area contributed by atoms with Crippen LogP contribution in [0.25, 0.3) is 0 Å². The maximum Gasteiger partial charge on any atom is 0.187 e. The fourth-order valence-corrected chi connectivity index (χ4v) is 3.70. The molecule has 3 fully saturated rings. The Bertz CT molecular complexity index is 579. The molecule has 0 radical (unpaired) electrons. The van der Waals surface area contributed by atoms with E-state index in [4.69, 9.17) is 23.7 Å². The van der Waals surface area contributed by atoms with Gasteiger partial charge < -0.3 is 69.6 Å². The average molecular weight is 458 g/mol. The van der Waals surface area contributed by atoms with E-state index < -0.39 is 99.2 Å². The maximum absolute atomic E-state index is 10.3. The molecule has 0 unspecified atom stereocenters. The van der Waals surface area contributed by atoms with Gasteiger partial charge in [-0.2, -0.15) is 0 Å². The van der Waals surface area contributed by atoms with Crippen LogP contribution in [-0.4, -0.2) is 145 Å². The molecule has 0 saturated carbocycles. The molecule has 3 rings (SSSR count). The van der Waals surface area contributed by atoms with Crippen molar-refractivity contribution in [2.45, 2.75) is 92.9 Å². The first-order valence-electron chi connectivity index (χ1n) is 9.85. The van der Waals surface area contributed by atoms with Crippen LogP contribution in [0.3, 0.4) is 0 Å². The summed E-state index contributed by atoms with van der Waals surface area (Å²) in [6.07, 6.45) is -21.4. The lowest BCUT2D eigenvalue weighted by molar-refractivity contribution is -0.376. The van der Waals surface area contributed by atoms with E-state index in [1.165, 1.54) is 6.92 Å². The lowest BCUT2D eigenvalue weighted by Gasteiger charge is -2.46. The van der Waals surface area contributed by atoms with Crippen LogP contribution >= 0.6 is 0 Å². The number of aliphatic hydroxyl groups is 9. The van der Waals surface area contributed by atoms with E-state index in [2.05, 4.69) is 0 Å². The third-order valence-corrected chi connectivity index (χ3v) is 5.66. The van der Waals surface area contributed by atoms with E-state index in [-0.39, 0.29) is 0 Å². The van der Waals surface area contributed by atoms with Crippen LogP contribution in [0.4, 0.5) is 0 Å². The lowest BCUT2D eigenvalue weighted by atomic mass is 9.98. The highest BCUT2D eigenvalue weighted by atomic mass is 16.8. The number of ether oxygens (including phenoxy) is 5. The van der Waals surface area contributed by atoms with Crippen molar-refractivity contribution < 1.29 is 69.6 Å². The minimum absolute atomic E-state index is 0.408. The molecule has 0 aliphatic carbocycles. The summed E-state index contributed by atoms with van der Waals surface area (Å²) in [5.74, 6) is 0. The molecule has 14 heteroatoms. The van der Waals surface area contributed by atoms with Gasteiger partial charge in [0.05, 0.1) is 19.3 Å². The van der Waals surface area contributed by atoms with E-state index in [0.717, 1.165) is 0 Å². The molecule has 14 nitrogen and oxygen atoms in total. The van der Waals surface area contributed by atoms with Crippen molar-refractivity contribution in [1.82, 2.24) is 0 Å². The van der Waals surface area contributed by atoms with Crippen molar-refractivity contribution in [1.29, 1.82) is 0 Å². The van der Waals surface area contributed by atoms with Gasteiger partial charge in [0.25, 0.3) is 0 Å². The molecule has 0 amide bonds. The molecule has 14 atom stereocenters. The summed E-state index contributed by atoms with van der Waals surface area (Å²) in [6, 6.07) is 0. The lowest BCUT2D eigenvalue weighted by Crippen LogP contribution is -2.64. The second-order valence-corrected chi connectivity index (χ2v) is 7.87. The Kier molecular flexibility index (Phi) is 8.21. The number of hydrogen-bond acceptors (Lipinski definition) is 14. The van der Waals surface area contributed by atoms with Gasteiger partial charge in [-0.05, 0) is 6.92 Å². The van der Waals surface area contributed by atoms with Crippen molar-refractivity contribution in [3.8, 4) is 0 Å². The molecular weight excluding hydrogens is 428 g/mol. The van der Waals surface area contributed by atoms with Crippen molar-refractivity contribution in [2.75, 3.05) is 13.2 Å². The third-order valence-electron chi connectivity index (χ3n) is 5.66. The van der Waals surface area contributed by atoms with Crippen LogP contribution in [0.2, 0.25) is 0 Å². The highest BCUT2D eigenvalue weighted by molar-refractivity contribution is 4.93. The molecule has 3 aliphatic rings. The Hall–Kier alpha value is -0.560. The quantitative estimate of drug-likeness (QED) is 0.187. The molecule has 0 aromatic rings. The zero-order chi connectivity index (χ0) is 23.0. The highest BCUT2D eigenvalue weighted by Gasteiger charge is 2.51. The second kappa shape index (κ2) is 10.1. The van der Waals surface area contributed by atoms with Crippen LogP contribution < -0.4 is 0 Å². The van der Waals surface area contributed by atoms with Crippen LogP contribution in [0, 0.1) is 0 Å². The van der Waals surface area contributed by atoms with Gasteiger partial charge in [0.2, 0.25) is 0 Å². The molecule has 182 valence electrons. The van der Waals surface area contributed by atoms with Crippen molar-refractivity contribution >= 4 is 0 Å². The van der Waals surface area contributed by atoms with Gasteiger partial charge in [-0.25, -0.2) is 0 Å². The predicted octanol–water partition coefficient (Wildman–Crippen LogP) is -5.91. The zero-order valence-electron chi connectivity index (χ0n) is 16.6. The smallest absolute Gasteiger partial charge is 0.187 e. The van der Waals surface area contributed by atoms with Gasteiger partial charge in [-0.1, -0.05) is 0 Å². The number of hydrogen-bond donors (Lipinski definition) is 9. The van der Waals surface area contributed by atoms with Crippen LogP contribution in [-0.2, 0) is 23.7 Å². The Balaban J connectivity index is 1.75. The standard InChI is InChI=1S/C17H30O14/c1-4-7(20)9(22)11(24)16(28-4)31-14-13(5(19)3-27-15(14)26)30-17-12(25)10(23)8(21)6(2-18)29-17/h4-26H,2-3H2,1H3/t4-,5-,6+,7-,8-,9+,10-,11+,12+,13-,14+,15+,16-,17-/m0/s1. The topological polar surface area (TPSA) is 228 Å². The summed E-state index contributed by atoms with van der Waals surface area (Å²) >= 11 is 0. The van der Waals surface area contributed by atoms with Crippen molar-refractivity contribution in [3.63, 3.8) is 0 Å². The number of rotatable bonds is 5. The maximum atomic E-state index is 10.3. The van der Waals surface area contributed by atoms with Crippen molar-refractivity contribution in [2.24, 2.45) is 0 Å². The SMILES string of the molecule is C[C@@H]1O[C@@H](O[C@@H]2[C@@H](O[C@@H]3O[C@H](CO)[C@H](O)[C@H](O)[C@H]3O)[C@@H](O)CO[C@H]2O)[C@H](O)[C@H](O)[C@H]1O. The van der Waals surface area contributed by atoms with Crippen molar-refractivity contribution in [3.05, 3.63) is 0 Å². The summed E-state index contributed by atoms with van der Waals surface area (Å²) < 4.78 is 26.6. The Morgan fingerprint density at radius 2 is 1.26 bits per heavy atom. The molecule has 3 heterocycles. The van der Waals surface area contributed by atoms with E-state index in [9.17, 15) is 46.0 Å². The van der Waals surface area contributed by atoms with Gasteiger partial charge >= 0.3 is 0 Å². The highest BCUT2D eigenvalue weighted by Crippen LogP contribution is 2.30. The van der Waals surface area contributed by atoms with E-state index in [0.29, 0.717) is 0 Å². The summed E-state index contributed by atoms with van der Waals surface area (Å²) in [5, 5.41) is 89.7. The van der Waals surface area contributed by atoms with Gasteiger partial charge in [0.15, 0.2) is 18.9 Å². The molecular formula is C17H30O14. The van der Waals surface area contributed by atoms with Crippen LogP contribution in [0.5, 0.6) is 0 Å². The van der Waals surface area contributed by atoms with Gasteiger partial charge in [-0.3, -0.25) is 0 Å². The summed E-state index contributed by atoms with van der Waals surface area (Å²) in [4.78, 5) is 0. The second-order valence-electron chi connectivity index (χ2n) is 7.87. The van der Waals surface area contributed by atoms with Gasteiger partial charge in [0, 0.05) is 0 Å². The Labute approximate surface area is 176 Å². The van der Waals surface area contributed by atoms with E-state index >= 15 is 0 Å². The Morgan fingerprint density at radius 3 is 1.87 bits per heavy atom. The van der Waals surface area contributed by atoms with Crippen LogP contribution in [0.1, 0.15) is 6.92 Å². The first-order valence-corrected chi connectivity index (χ1v) is 9.85. The zero-order valence-corrected chi connectivity index (χ0v) is 16.6. The molecule has 0 aromatic carbocycles. The minimum Gasteiger partial charge on any atom is -0.394 e. The minimum atomic E-state index is -1.78. The van der Waals surface area contributed by atoms with E-state index in [1.54, 1.807) is 0 Å². The van der Waals surface area contributed by atoms with Crippen LogP contribution in [0.15, 0.2) is 0 Å². The summed E-state index contributed by atoms with van der Waals surface area (Å²) in [7, 11) is 0. The average Bonchev–Trinajstić information content (AvgIpc) is 2.75. The first kappa shape index (κ1) is 25.1. The predicted molar refractivity (Wildman–Crippen MR) is 93.8 cm³/mol. The van der Waals surface area contributed by atoms with E-state index in [1.807, 2.05) is 0 Å². The molecule has 3 aliphatic heterocycles. The molecule has 0 bridgehead atoms. The normalized spacial score (nSPS) is 54.0. The molecule has 31 heavy (non-hydrogen) atoms. The summed E-state index contributed by atoms with van der Waals surface area (Å²) in [6.45, 7) is 0.305. The van der Waals surface area contributed by atoms with Gasteiger partial charge in [0.1, 0.15) is 61.0 Å². The summed E-state index contributed by atoms with van der Waals surface area (Å²) in [5.41, 5.74) is 0. The largest absolute Gasteiger partial charge is 0.394 e. The molecule has 3 saturated heterocycles. The third kappa shape index (κ3) is 5.02. The first-order chi connectivity index (χ1) is 14.6. The fraction of sp³-hybridized carbons (Fsp3) is 1.00.